The first kappa shape index (κ1) is 15.5. The van der Waals surface area contributed by atoms with Gasteiger partial charge < -0.3 is 10.5 Å². The maximum atomic E-state index is 5.95. The Balaban J connectivity index is 2.08. The van der Waals surface area contributed by atoms with Crippen LogP contribution in [0.25, 0.3) is 0 Å². The molecule has 2 N–H and O–H groups in total. The van der Waals surface area contributed by atoms with Gasteiger partial charge in [0.15, 0.2) is 0 Å². The molecule has 2 aromatic rings. The van der Waals surface area contributed by atoms with Gasteiger partial charge in [-0.15, -0.1) is 0 Å². The molecule has 0 radical (unpaired) electrons. The van der Waals surface area contributed by atoms with Gasteiger partial charge in [0.2, 0.25) is 0 Å². The molecule has 0 aliphatic rings. The fourth-order valence-electron chi connectivity index (χ4n) is 1.96. The Hall–Kier alpha value is -0.840. The van der Waals surface area contributed by atoms with Crippen molar-refractivity contribution in [3.63, 3.8) is 0 Å². The van der Waals surface area contributed by atoms with E-state index < -0.39 is 0 Å². The maximum Gasteiger partial charge on any atom is 0.123 e. The number of aryl methyl sites for hydroxylation is 1. The van der Waals surface area contributed by atoms with Crippen LogP contribution in [0, 0.1) is 0 Å². The Labute approximate surface area is 136 Å². The van der Waals surface area contributed by atoms with E-state index in [0.717, 1.165) is 33.1 Å². The zero-order valence-electron chi connectivity index (χ0n) is 11.1. The summed E-state index contributed by atoms with van der Waals surface area (Å²) < 4.78 is 8.08. The first-order valence-electron chi connectivity index (χ1n) is 6.55. The molecule has 0 saturated carbocycles. The molecule has 0 bridgehead atoms. The van der Waals surface area contributed by atoms with Crippen molar-refractivity contribution in [2.45, 2.75) is 19.4 Å². The van der Waals surface area contributed by atoms with Crippen LogP contribution in [0.4, 0.5) is 0 Å². The first-order chi connectivity index (χ1) is 9.69. The highest BCUT2D eigenvalue weighted by Gasteiger charge is 2.05. The molecule has 106 valence electrons. The molecular weight excluding hydrogens is 382 g/mol. The second kappa shape index (κ2) is 7.81. The molecule has 20 heavy (non-hydrogen) atoms. The Morgan fingerprint density at radius 3 is 2.55 bits per heavy atom. The predicted octanol–water partition coefficient (Wildman–Crippen LogP) is 4.68. The van der Waals surface area contributed by atoms with Crippen LogP contribution in [0.3, 0.4) is 0 Å². The van der Waals surface area contributed by atoms with Gasteiger partial charge in [-0.25, -0.2) is 0 Å². The zero-order valence-corrected chi connectivity index (χ0v) is 14.3. The van der Waals surface area contributed by atoms with Crippen molar-refractivity contribution in [3.05, 3.63) is 62.5 Å². The lowest BCUT2D eigenvalue weighted by Gasteiger charge is -2.12. The van der Waals surface area contributed by atoms with E-state index >= 15 is 0 Å². The number of ether oxygens (including phenoxy) is 1. The number of rotatable bonds is 6. The zero-order chi connectivity index (χ0) is 14.4. The van der Waals surface area contributed by atoms with Gasteiger partial charge in [0.25, 0.3) is 0 Å². The van der Waals surface area contributed by atoms with Crippen LogP contribution in [0.1, 0.15) is 17.5 Å². The summed E-state index contributed by atoms with van der Waals surface area (Å²) in [6.45, 7) is 1.26. The summed E-state index contributed by atoms with van der Waals surface area (Å²) in [5, 5.41) is 0. The average molecular weight is 399 g/mol. The Morgan fingerprint density at radius 2 is 1.80 bits per heavy atom. The smallest absolute Gasteiger partial charge is 0.123 e. The molecule has 4 heteroatoms. The van der Waals surface area contributed by atoms with Crippen LogP contribution in [0.2, 0.25) is 0 Å². The van der Waals surface area contributed by atoms with Crippen LogP contribution in [0.15, 0.2) is 51.4 Å². The van der Waals surface area contributed by atoms with E-state index in [2.05, 4.69) is 50.1 Å². The summed E-state index contributed by atoms with van der Waals surface area (Å²) in [4.78, 5) is 0. The van der Waals surface area contributed by atoms with Crippen molar-refractivity contribution in [3.8, 4) is 5.75 Å². The topological polar surface area (TPSA) is 35.2 Å². The standard InChI is InChI=1S/C16H17Br2NO/c17-14-5-1-3-12(9-14)11-20-16-7-6-15(18)10-13(16)4-2-8-19/h1,3,5-7,9-10H,2,4,8,11,19H2. The fourth-order valence-corrected chi connectivity index (χ4v) is 2.82. The lowest BCUT2D eigenvalue weighted by molar-refractivity contribution is 0.302. The SMILES string of the molecule is NCCCc1cc(Br)ccc1OCc1cccc(Br)c1. The molecule has 2 nitrogen and oxygen atoms in total. The van der Waals surface area contributed by atoms with Gasteiger partial charge in [0.1, 0.15) is 12.4 Å². The highest BCUT2D eigenvalue weighted by molar-refractivity contribution is 9.10. The van der Waals surface area contributed by atoms with Gasteiger partial charge in [-0.05, 0) is 60.8 Å². The quantitative estimate of drug-likeness (QED) is 0.766. The summed E-state index contributed by atoms with van der Waals surface area (Å²) in [6, 6.07) is 14.3. The van der Waals surface area contributed by atoms with E-state index in [1.54, 1.807) is 0 Å². The minimum Gasteiger partial charge on any atom is -0.489 e. The number of hydrogen-bond acceptors (Lipinski definition) is 2. The Kier molecular flexibility index (Phi) is 6.07. The summed E-state index contributed by atoms with van der Waals surface area (Å²) in [5.74, 6) is 0.932. The summed E-state index contributed by atoms with van der Waals surface area (Å²) in [6.07, 6.45) is 1.90. The largest absolute Gasteiger partial charge is 0.489 e. The first-order valence-corrected chi connectivity index (χ1v) is 8.13. The monoisotopic (exact) mass is 397 g/mol. The second-order valence-corrected chi connectivity index (χ2v) is 6.39. The van der Waals surface area contributed by atoms with E-state index in [-0.39, 0.29) is 0 Å². The van der Waals surface area contributed by atoms with Crippen LogP contribution in [-0.4, -0.2) is 6.54 Å². The predicted molar refractivity (Wildman–Crippen MR) is 90.0 cm³/mol. The average Bonchev–Trinajstić information content (AvgIpc) is 2.44. The molecule has 0 heterocycles. The summed E-state index contributed by atoms with van der Waals surface area (Å²) >= 11 is 6.97. The minimum atomic E-state index is 0.566. The molecule has 0 fully saturated rings. The van der Waals surface area contributed by atoms with Crippen LogP contribution in [-0.2, 0) is 13.0 Å². The molecular formula is C16H17Br2NO. The number of halogens is 2. The molecule has 0 unspecified atom stereocenters. The van der Waals surface area contributed by atoms with E-state index in [9.17, 15) is 0 Å². The lowest BCUT2D eigenvalue weighted by Crippen LogP contribution is -2.03. The summed E-state index contributed by atoms with van der Waals surface area (Å²) in [7, 11) is 0. The molecule has 0 saturated heterocycles. The van der Waals surface area contributed by atoms with Crippen LogP contribution in [0.5, 0.6) is 5.75 Å². The van der Waals surface area contributed by atoms with Gasteiger partial charge in [-0.3, -0.25) is 0 Å². The third-order valence-corrected chi connectivity index (χ3v) is 3.94. The van der Waals surface area contributed by atoms with Crippen molar-refractivity contribution in [2.24, 2.45) is 5.73 Å². The van der Waals surface area contributed by atoms with E-state index in [1.165, 1.54) is 5.56 Å². The van der Waals surface area contributed by atoms with Gasteiger partial charge in [0, 0.05) is 8.95 Å². The summed E-state index contributed by atoms with van der Waals surface area (Å²) in [5.41, 5.74) is 7.93. The van der Waals surface area contributed by atoms with Gasteiger partial charge in [0.05, 0.1) is 0 Å². The van der Waals surface area contributed by atoms with Crippen molar-refractivity contribution >= 4 is 31.9 Å². The fraction of sp³-hybridized carbons (Fsp3) is 0.250. The number of nitrogens with two attached hydrogens (primary N) is 1. The Morgan fingerprint density at radius 1 is 1.00 bits per heavy atom. The third kappa shape index (κ3) is 4.62. The lowest BCUT2D eigenvalue weighted by atomic mass is 10.1. The van der Waals surface area contributed by atoms with Crippen LogP contribution < -0.4 is 10.5 Å². The molecule has 0 aromatic heterocycles. The van der Waals surface area contributed by atoms with Crippen molar-refractivity contribution in [1.29, 1.82) is 0 Å². The normalized spacial score (nSPS) is 10.6. The van der Waals surface area contributed by atoms with Crippen molar-refractivity contribution in [2.75, 3.05) is 6.54 Å². The van der Waals surface area contributed by atoms with Gasteiger partial charge in [-0.1, -0.05) is 44.0 Å². The van der Waals surface area contributed by atoms with E-state index in [4.69, 9.17) is 10.5 Å². The second-order valence-electron chi connectivity index (χ2n) is 4.56. The van der Waals surface area contributed by atoms with Gasteiger partial charge >= 0.3 is 0 Å². The van der Waals surface area contributed by atoms with E-state index in [1.807, 2.05) is 24.3 Å². The third-order valence-electron chi connectivity index (χ3n) is 2.96. The molecule has 2 rings (SSSR count). The molecule has 2 aromatic carbocycles. The number of benzene rings is 2. The van der Waals surface area contributed by atoms with Crippen molar-refractivity contribution in [1.82, 2.24) is 0 Å². The highest BCUT2D eigenvalue weighted by atomic mass is 79.9. The number of hydrogen-bond donors (Lipinski definition) is 1. The highest BCUT2D eigenvalue weighted by Crippen LogP contribution is 2.25. The molecule has 0 spiro atoms. The molecule has 0 aliphatic carbocycles. The minimum absolute atomic E-state index is 0.566. The maximum absolute atomic E-state index is 5.95. The van der Waals surface area contributed by atoms with E-state index in [0.29, 0.717) is 13.2 Å². The van der Waals surface area contributed by atoms with Gasteiger partial charge in [-0.2, -0.15) is 0 Å². The van der Waals surface area contributed by atoms with Crippen molar-refractivity contribution < 1.29 is 4.74 Å². The molecule has 0 aliphatic heterocycles. The molecule has 0 atom stereocenters. The Bertz CT molecular complexity index is 572. The molecule has 0 amide bonds. The van der Waals surface area contributed by atoms with Crippen LogP contribution >= 0.6 is 31.9 Å².